The van der Waals surface area contributed by atoms with Crippen molar-refractivity contribution in [3.05, 3.63) is 66.6 Å². The van der Waals surface area contributed by atoms with E-state index in [0.717, 1.165) is 11.1 Å². The highest BCUT2D eigenvalue weighted by Crippen LogP contribution is 2.21. The molecule has 0 saturated heterocycles. The molecule has 10 heteroatoms. The fourth-order valence-corrected chi connectivity index (χ4v) is 2.73. The summed E-state index contributed by atoms with van der Waals surface area (Å²) in [7, 11) is 0. The molecular formula is C20H20N8O2. The van der Waals surface area contributed by atoms with Gasteiger partial charge < -0.3 is 15.2 Å². The van der Waals surface area contributed by atoms with E-state index in [1.54, 1.807) is 35.4 Å². The molecule has 0 aliphatic carbocycles. The fourth-order valence-electron chi connectivity index (χ4n) is 2.73. The van der Waals surface area contributed by atoms with Crippen LogP contribution in [0.1, 0.15) is 31.2 Å². The molecule has 0 radical (unpaired) electrons. The molecular weight excluding hydrogens is 384 g/mol. The molecule has 0 aliphatic rings. The van der Waals surface area contributed by atoms with Crippen LogP contribution in [0.3, 0.4) is 0 Å². The third-order valence-corrected chi connectivity index (χ3v) is 4.29. The van der Waals surface area contributed by atoms with Crippen molar-refractivity contribution < 1.29 is 9.32 Å². The summed E-state index contributed by atoms with van der Waals surface area (Å²) >= 11 is 0. The molecule has 152 valence electrons. The quantitative estimate of drug-likeness (QED) is 0.506. The third kappa shape index (κ3) is 4.32. The molecule has 0 atom stereocenters. The van der Waals surface area contributed by atoms with Crippen LogP contribution in [0.25, 0.3) is 17.3 Å². The SMILES string of the molecule is CC(C)c1noc(-c2ccc(NC(=O)NCc3cccnc3-n3cncn3)cc2)n1. The van der Waals surface area contributed by atoms with Crippen LogP contribution in [0.5, 0.6) is 0 Å². The molecule has 3 aromatic heterocycles. The van der Waals surface area contributed by atoms with Gasteiger partial charge in [-0.15, -0.1) is 0 Å². The summed E-state index contributed by atoms with van der Waals surface area (Å²) in [5, 5.41) is 13.7. The summed E-state index contributed by atoms with van der Waals surface area (Å²) < 4.78 is 6.84. The van der Waals surface area contributed by atoms with E-state index in [1.807, 2.05) is 32.0 Å². The zero-order chi connectivity index (χ0) is 20.9. The van der Waals surface area contributed by atoms with Crippen molar-refractivity contribution in [3.63, 3.8) is 0 Å². The Labute approximate surface area is 172 Å². The number of nitrogens with one attached hydrogen (secondary N) is 2. The zero-order valence-corrected chi connectivity index (χ0v) is 16.5. The highest BCUT2D eigenvalue weighted by molar-refractivity contribution is 5.89. The van der Waals surface area contributed by atoms with E-state index in [9.17, 15) is 4.79 Å². The van der Waals surface area contributed by atoms with Gasteiger partial charge >= 0.3 is 6.03 Å². The highest BCUT2D eigenvalue weighted by Gasteiger charge is 2.12. The first-order chi connectivity index (χ1) is 14.6. The number of urea groups is 1. The molecule has 10 nitrogen and oxygen atoms in total. The maximum absolute atomic E-state index is 12.3. The van der Waals surface area contributed by atoms with Crippen molar-refractivity contribution in [2.24, 2.45) is 0 Å². The summed E-state index contributed by atoms with van der Waals surface area (Å²) in [6.45, 7) is 4.29. The van der Waals surface area contributed by atoms with E-state index in [-0.39, 0.29) is 18.5 Å². The Morgan fingerprint density at radius 2 is 2.03 bits per heavy atom. The topological polar surface area (TPSA) is 124 Å². The molecule has 4 rings (SSSR count). The number of hydrogen-bond acceptors (Lipinski definition) is 7. The van der Waals surface area contributed by atoms with Crippen molar-refractivity contribution in [1.82, 2.24) is 35.2 Å². The molecule has 0 unspecified atom stereocenters. The summed E-state index contributed by atoms with van der Waals surface area (Å²) in [6.07, 6.45) is 4.65. The Bertz CT molecular complexity index is 1120. The largest absolute Gasteiger partial charge is 0.334 e. The molecule has 2 amide bonds. The van der Waals surface area contributed by atoms with Crippen molar-refractivity contribution >= 4 is 11.7 Å². The van der Waals surface area contributed by atoms with Crippen LogP contribution in [0, 0.1) is 0 Å². The van der Waals surface area contributed by atoms with Crippen LogP contribution in [0.15, 0.2) is 59.8 Å². The van der Waals surface area contributed by atoms with E-state index in [4.69, 9.17) is 4.52 Å². The summed E-state index contributed by atoms with van der Waals surface area (Å²) in [5.41, 5.74) is 2.24. The number of aromatic nitrogens is 6. The standard InChI is InChI=1S/C20H20N8O2/c1-13(2)17-26-19(30-27-17)14-5-7-16(8-6-14)25-20(29)23-10-15-4-3-9-22-18(15)28-12-21-11-24-28/h3-9,11-13H,10H2,1-2H3,(H2,23,25,29). The fraction of sp³-hybridized carbons (Fsp3) is 0.200. The third-order valence-electron chi connectivity index (χ3n) is 4.29. The second-order valence-corrected chi connectivity index (χ2v) is 6.82. The maximum atomic E-state index is 12.3. The van der Waals surface area contributed by atoms with Crippen molar-refractivity contribution in [2.75, 3.05) is 5.32 Å². The van der Waals surface area contributed by atoms with Crippen LogP contribution < -0.4 is 10.6 Å². The molecule has 4 aromatic rings. The van der Waals surface area contributed by atoms with Crippen LogP contribution >= 0.6 is 0 Å². The zero-order valence-electron chi connectivity index (χ0n) is 16.5. The number of pyridine rings is 1. The molecule has 3 heterocycles. The van der Waals surface area contributed by atoms with E-state index >= 15 is 0 Å². The first-order valence-corrected chi connectivity index (χ1v) is 9.38. The Morgan fingerprint density at radius 1 is 1.20 bits per heavy atom. The van der Waals surface area contributed by atoms with Crippen molar-refractivity contribution in [1.29, 1.82) is 0 Å². The van der Waals surface area contributed by atoms with Gasteiger partial charge in [0.1, 0.15) is 12.7 Å². The van der Waals surface area contributed by atoms with Gasteiger partial charge in [0, 0.05) is 35.5 Å². The lowest BCUT2D eigenvalue weighted by Gasteiger charge is -2.10. The minimum atomic E-state index is -0.337. The summed E-state index contributed by atoms with van der Waals surface area (Å²) in [6, 6.07) is 10.5. The van der Waals surface area contributed by atoms with Gasteiger partial charge in [0.2, 0.25) is 0 Å². The number of anilines is 1. The lowest BCUT2D eigenvalue weighted by Crippen LogP contribution is -2.28. The lowest BCUT2D eigenvalue weighted by atomic mass is 10.2. The molecule has 0 bridgehead atoms. The lowest BCUT2D eigenvalue weighted by molar-refractivity contribution is 0.251. The van der Waals surface area contributed by atoms with Crippen molar-refractivity contribution in [3.8, 4) is 17.3 Å². The predicted octanol–water partition coefficient (Wildman–Crippen LogP) is 3.16. The second kappa shape index (κ2) is 8.52. The first kappa shape index (κ1) is 19.2. The van der Waals surface area contributed by atoms with E-state index in [1.165, 1.54) is 6.33 Å². The maximum Gasteiger partial charge on any atom is 0.319 e. The van der Waals surface area contributed by atoms with E-state index < -0.39 is 0 Å². The van der Waals surface area contributed by atoms with Crippen molar-refractivity contribution in [2.45, 2.75) is 26.3 Å². The summed E-state index contributed by atoms with van der Waals surface area (Å²) in [5.74, 6) is 1.91. The Hall–Kier alpha value is -4.08. The van der Waals surface area contributed by atoms with Crippen LogP contribution in [-0.2, 0) is 6.54 Å². The van der Waals surface area contributed by atoms with Gasteiger partial charge in [-0.2, -0.15) is 10.1 Å². The Balaban J connectivity index is 1.37. The van der Waals surface area contributed by atoms with Gasteiger partial charge in [0.15, 0.2) is 11.6 Å². The van der Waals surface area contributed by atoms with Crippen LogP contribution in [-0.4, -0.2) is 35.9 Å². The second-order valence-electron chi connectivity index (χ2n) is 6.82. The average molecular weight is 404 g/mol. The summed E-state index contributed by atoms with van der Waals surface area (Å²) in [4.78, 5) is 24.9. The number of carbonyl (C=O) groups excluding carboxylic acids is 1. The number of benzene rings is 1. The predicted molar refractivity (Wildman–Crippen MR) is 109 cm³/mol. The Morgan fingerprint density at radius 3 is 2.73 bits per heavy atom. The number of nitrogens with zero attached hydrogens (tertiary/aromatic N) is 6. The average Bonchev–Trinajstić information content (AvgIpc) is 3.45. The monoisotopic (exact) mass is 404 g/mol. The van der Waals surface area contributed by atoms with Crippen LogP contribution in [0.4, 0.5) is 10.5 Å². The minimum absolute atomic E-state index is 0.192. The molecule has 0 saturated carbocycles. The number of rotatable bonds is 6. The van der Waals surface area contributed by atoms with Gasteiger partial charge in [-0.05, 0) is 30.3 Å². The van der Waals surface area contributed by atoms with Gasteiger partial charge in [-0.25, -0.2) is 19.4 Å². The van der Waals surface area contributed by atoms with E-state index in [2.05, 4.69) is 35.8 Å². The van der Waals surface area contributed by atoms with Gasteiger partial charge in [-0.3, -0.25) is 0 Å². The van der Waals surface area contributed by atoms with E-state index in [0.29, 0.717) is 23.2 Å². The Kier molecular flexibility index (Phi) is 5.46. The first-order valence-electron chi connectivity index (χ1n) is 9.38. The number of hydrogen-bond donors (Lipinski definition) is 2. The highest BCUT2D eigenvalue weighted by atomic mass is 16.5. The molecule has 2 N–H and O–H groups in total. The van der Waals surface area contributed by atoms with Gasteiger partial charge in [0.25, 0.3) is 5.89 Å². The molecule has 0 spiro atoms. The smallest absolute Gasteiger partial charge is 0.319 e. The van der Waals surface area contributed by atoms with Crippen LogP contribution in [0.2, 0.25) is 0 Å². The normalized spacial score (nSPS) is 10.9. The van der Waals surface area contributed by atoms with Gasteiger partial charge in [0.05, 0.1) is 0 Å². The molecule has 0 fully saturated rings. The minimum Gasteiger partial charge on any atom is -0.334 e. The molecule has 1 aromatic carbocycles. The molecule has 0 aliphatic heterocycles. The number of amides is 2. The molecule has 30 heavy (non-hydrogen) atoms. The number of carbonyl (C=O) groups is 1. The van der Waals surface area contributed by atoms with Gasteiger partial charge in [-0.1, -0.05) is 25.1 Å².